The Morgan fingerprint density at radius 1 is 1.40 bits per heavy atom. The zero-order valence-electron chi connectivity index (χ0n) is 4.77. The molecule has 1 heterocycles. The minimum Gasteiger partial charge on any atom is -0.225 e. The number of hydrogen-bond acceptors (Lipinski definition) is 5. The molecular weight excluding hydrogens is 139 g/mol. The third-order valence-corrected chi connectivity index (χ3v) is 0.681. The lowest BCUT2D eigenvalue weighted by atomic mass is 11.0. The SMILES string of the molecule is FN=NNc1ncncn1. The summed E-state index contributed by atoms with van der Waals surface area (Å²) < 4.78 is 11.0. The van der Waals surface area contributed by atoms with Crippen LogP contribution >= 0.6 is 0 Å². The van der Waals surface area contributed by atoms with Gasteiger partial charge >= 0.3 is 0 Å². The first-order valence-corrected chi connectivity index (χ1v) is 2.32. The molecule has 1 N–H and O–H groups in total. The van der Waals surface area contributed by atoms with Crippen LogP contribution < -0.4 is 5.43 Å². The van der Waals surface area contributed by atoms with Crippen LogP contribution in [0.15, 0.2) is 23.2 Å². The van der Waals surface area contributed by atoms with E-state index in [1.807, 2.05) is 5.34 Å². The molecule has 0 spiro atoms. The van der Waals surface area contributed by atoms with Crippen LogP contribution in [0, 0.1) is 0 Å². The Kier molecular flexibility index (Phi) is 2.18. The Bertz CT molecular complexity index is 209. The molecule has 1 aromatic heterocycles. The van der Waals surface area contributed by atoms with E-state index < -0.39 is 0 Å². The molecule has 10 heavy (non-hydrogen) atoms. The summed E-state index contributed by atoms with van der Waals surface area (Å²) in [5, 5.41) is 4.74. The molecule has 1 aromatic rings. The van der Waals surface area contributed by atoms with Crippen molar-refractivity contribution in [2.24, 2.45) is 10.6 Å². The lowest BCUT2D eigenvalue weighted by Crippen LogP contribution is -1.93. The van der Waals surface area contributed by atoms with E-state index in [9.17, 15) is 4.48 Å². The van der Waals surface area contributed by atoms with Gasteiger partial charge in [-0.3, -0.25) is 0 Å². The van der Waals surface area contributed by atoms with Gasteiger partial charge in [0.05, 0.1) is 0 Å². The fraction of sp³-hybridized carbons (Fsp3) is 0. The molecule has 0 saturated carbocycles. The summed E-state index contributed by atoms with van der Waals surface area (Å²) in [6.07, 6.45) is 2.51. The number of nitrogens with one attached hydrogen (secondary N) is 1. The maximum absolute atomic E-state index is 11.0. The normalized spacial score (nSPS) is 10.1. The first kappa shape index (κ1) is 6.46. The van der Waals surface area contributed by atoms with Gasteiger partial charge in [0.25, 0.3) is 0 Å². The largest absolute Gasteiger partial charge is 0.247 e. The monoisotopic (exact) mass is 142 g/mol. The number of rotatable bonds is 2. The third-order valence-electron chi connectivity index (χ3n) is 0.681. The smallest absolute Gasteiger partial charge is 0.225 e. The average molecular weight is 142 g/mol. The molecule has 7 heteroatoms. The summed E-state index contributed by atoms with van der Waals surface area (Å²) in [6.45, 7) is 0. The van der Waals surface area contributed by atoms with Gasteiger partial charge in [-0.15, -0.1) is 0 Å². The van der Waals surface area contributed by atoms with E-state index in [0.29, 0.717) is 0 Å². The highest BCUT2D eigenvalue weighted by Gasteiger charge is 1.87. The van der Waals surface area contributed by atoms with Gasteiger partial charge in [-0.05, 0) is 5.22 Å². The Balaban J connectivity index is 2.59. The molecule has 0 radical (unpaired) electrons. The lowest BCUT2D eigenvalue weighted by molar-refractivity contribution is 0.485. The van der Waals surface area contributed by atoms with Crippen LogP contribution in [-0.2, 0) is 0 Å². The molecule has 0 unspecified atom stereocenters. The summed E-state index contributed by atoms with van der Waals surface area (Å²) >= 11 is 0. The highest BCUT2D eigenvalue weighted by molar-refractivity contribution is 5.17. The van der Waals surface area contributed by atoms with Crippen molar-refractivity contribution in [1.29, 1.82) is 0 Å². The van der Waals surface area contributed by atoms with Gasteiger partial charge in [-0.2, -0.15) is 9.97 Å². The first-order valence-electron chi connectivity index (χ1n) is 2.32. The molecule has 0 atom stereocenters. The molecule has 0 saturated heterocycles. The summed E-state index contributed by atoms with van der Waals surface area (Å²) in [4.78, 5) is 10.7. The number of hydrogen-bond donors (Lipinski definition) is 1. The van der Waals surface area contributed by atoms with Gasteiger partial charge in [0.15, 0.2) is 0 Å². The van der Waals surface area contributed by atoms with Crippen molar-refractivity contribution in [2.75, 3.05) is 5.43 Å². The Morgan fingerprint density at radius 2 is 2.10 bits per heavy atom. The van der Waals surface area contributed by atoms with Crippen LogP contribution in [0.5, 0.6) is 0 Å². The minimum absolute atomic E-state index is 0.149. The first-order chi connectivity index (χ1) is 4.93. The van der Waals surface area contributed by atoms with Crippen LogP contribution in [-0.4, -0.2) is 15.0 Å². The molecule has 0 aliphatic carbocycles. The molecule has 1 rings (SSSR count). The van der Waals surface area contributed by atoms with Crippen LogP contribution in [0.2, 0.25) is 0 Å². The lowest BCUT2D eigenvalue weighted by Gasteiger charge is -1.90. The van der Waals surface area contributed by atoms with E-state index in [4.69, 9.17) is 0 Å². The van der Waals surface area contributed by atoms with Crippen LogP contribution in [0.3, 0.4) is 0 Å². The van der Waals surface area contributed by atoms with E-state index in [1.165, 1.54) is 12.7 Å². The van der Waals surface area contributed by atoms with Crippen molar-refractivity contribution in [3.05, 3.63) is 12.7 Å². The summed E-state index contributed by atoms with van der Waals surface area (Å²) in [5.74, 6) is 0.149. The average Bonchev–Trinajstić information content (AvgIpc) is 2.03. The zero-order chi connectivity index (χ0) is 7.23. The number of aromatic nitrogens is 3. The quantitative estimate of drug-likeness (QED) is 0.482. The fourth-order valence-electron chi connectivity index (χ4n) is 0.361. The summed E-state index contributed by atoms with van der Waals surface area (Å²) in [7, 11) is 0. The zero-order valence-corrected chi connectivity index (χ0v) is 4.77. The van der Waals surface area contributed by atoms with E-state index in [-0.39, 0.29) is 5.95 Å². The van der Waals surface area contributed by atoms with Crippen molar-refractivity contribution in [1.82, 2.24) is 15.0 Å². The maximum Gasteiger partial charge on any atom is 0.247 e. The van der Waals surface area contributed by atoms with Gasteiger partial charge in [-0.25, -0.2) is 10.4 Å². The highest BCUT2D eigenvalue weighted by atomic mass is 19.2. The van der Waals surface area contributed by atoms with E-state index in [1.54, 1.807) is 0 Å². The molecule has 0 aliphatic rings. The van der Waals surface area contributed by atoms with Crippen molar-refractivity contribution < 1.29 is 4.48 Å². The predicted molar refractivity (Wildman–Crippen MR) is 29.4 cm³/mol. The van der Waals surface area contributed by atoms with Crippen molar-refractivity contribution in [3.8, 4) is 0 Å². The van der Waals surface area contributed by atoms with Crippen LogP contribution in [0.1, 0.15) is 0 Å². The summed E-state index contributed by atoms with van der Waals surface area (Å²) in [5.41, 5.74) is 2.12. The standard InChI is InChI=1S/C3H3FN6/c4-9-10-8-3-6-1-5-2-7-3/h1-2H,(H,5,6,7,8,9). The second kappa shape index (κ2) is 3.38. The maximum atomic E-state index is 11.0. The molecule has 0 aliphatic heterocycles. The van der Waals surface area contributed by atoms with Gasteiger partial charge in [0.1, 0.15) is 12.7 Å². The molecule has 0 aromatic carbocycles. The predicted octanol–water partition coefficient (Wildman–Crippen LogP) is 0.535. The highest BCUT2D eigenvalue weighted by Crippen LogP contribution is 1.90. The van der Waals surface area contributed by atoms with Gasteiger partial charge in [0, 0.05) is 5.34 Å². The molecule has 0 bridgehead atoms. The van der Waals surface area contributed by atoms with E-state index in [2.05, 4.69) is 25.6 Å². The molecule has 0 amide bonds. The molecule has 52 valence electrons. The molecule has 6 nitrogen and oxygen atoms in total. The number of anilines is 1. The van der Waals surface area contributed by atoms with E-state index >= 15 is 0 Å². The second-order valence-electron chi connectivity index (χ2n) is 1.25. The summed E-state index contributed by atoms with van der Waals surface area (Å²) in [6, 6.07) is 0. The topological polar surface area (TPSA) is 75.4 Å². The van der Waals surface area contributed by atoms with Gasteiger partial charge in [0.2, 0.25) is 5.95 Å². The van der Waals surface area contributed by atoms with Crippen molar-refractivity contribution in [2.45, 2.75) is 0 Å². The number of halogens is 1. The molecular formula is C3H3FN6. The Labute approximate surface area is 55.2 Å². The third kappa shape index (κ3) is 1.69. The minimum atomic E-state index is 0.149. The van der Waals surface area contributed by atoms with Gasteiger partial charge in [-0.1, -0.05) is 4.48 Å². The van der Waals surface area contributed by atoms with Crippen molar-refractivity contribution >= 4 is 5.95 Å². The van der Waals surface area contributed by atoms with Crippen molar-refractivity contribution in [3.63, 3.8) is 0 Å². The Hall–Kier alpha value is -1.66. The van der Waals surface area contributed by atoms with Gasteiger partial charge < -0.3 is 0 Å². The van der Waals surface area contributed by atoms with Crippen LogP contribution in [0.25, 0.3) is 0 Å². The Morgan fingerprint density at radius 3 is 2.70 bits per heavy atom. The van der Waals surface area contributed by atoms with Crippen LogP contribution in [0.4, 0.5) is 10.4 Å². The second-order valence-corrected chi connectivity index (χ2v) is 1.25. The molecule has 0 fully saturated rings. The van der Waals surface area contributed by atoms with E-state index in [0.717, 1.165) is 0 Å². The number of nitrogens with zero attached hydrogens (tertiary/aromatic N) is 5. The fourth-order valence-corrected chi connectivity index (χ4v) is 0.361.